The van der Waals surface area contributed by atoms with Gasteiger partial charge in [0.25, 0.3) is 0 Å². The summed E-state index contributed by atoms with van der Waals surface area (Å²) in [7, 11) is 3.23. The van der Waals surface area contributed by atoms with Gasteiger partial charge in [0, 0.05) is 11.8 Å². The molecule has 0 radical (unpaired) electrons. The second-order valence-corrected chi connectivity index (χ2v) is 5.02. The molecule has 114 valence electrons. The molecule has 3 aromatic rings. The van der Waals surface area contributed by atoms with Crippen molar-refractivity contribution in [3.8, 4) is 22.8 Å². The first-order chi connectivity index (χ1) is 10.7. The molecular formula is C17H18N2O3. The largest absolute Gasteiger partial charge is 0.497 e. The molecule has 0 saturated heterocycles. The quantitative estimate of drug-likeness (QED) is 0.804. The Balaban J connectivity index is 2.32. The van der Waals surface area contributed by atoms with Gasteiger partial charge >= 0.3 is 0 Å². The van der Waals surface area contributed by atoms with E-state index in [1.807, 2.05) is 47.9 Å². The van der Waals surface area contributed by atoms with Crippen LogP contribution in [0.4, 0.5) is 0 Å². The van der Waals surface area contributed by atoms with Crippen molar-refractivity contribution in [1.82, 2.24) is 9.38 Å². The number of rotatable bonds is 4. The van der Waals surface area contributed by atoms with Crippen LogP contribution in [0.1, 0.15) is 11.3 Å². The van der Waals surface area contributed by atoms with Gasteiger partial charge < -0.3 is 19.0 Å². The molecule has 0 unspecified atom stereocenters. The Kier molecular flexibility index (Phi) is 3.73. The van der Waals surface area contributed by atoms with Crippen molar-refractivity contribution in [2.24, 2.45) is 0 Å². The number of aliphatic hydroxyl groups is 1. The highest BCUT2D eigenvalue weighted by Gasteiger charge is 2.18. The molecule has 0 atom stereocenters. The molecule has 22 heavy (non-hydrogen) atoms. The van der Waals surface area contributed by atoms with Crippen LogP contribution in [0.15, 0.2) is 36.5 Å². The molecule has 0 aliphatic heterocycles. The standard InChI is InChI=1S/C17H18N2O3/c1-11-5-4-8-19-14(10-20)16(18-17(11)19)13-9-12(21-2)6-7-15(13)22-3/h4-9,20H,10H2,1-3H3. The van der Waals surface area contributed by atoms with E-state index < -0.39 is 0 Å². The number of methoxy groups -OCH3 is 2. The van der Waals surface area contributed by atoms with Crippen molar-refractivity contribution in [2.45, 2.75) is 13.5 Å². The molecule has 0 amide bonds. The van der Waals surface area contributed by atoms with Crippen LogP contribution in [0.25, 0.3) is 16.9 Å². The first-order valence-corrected chi connectivity index (χ1v) is 6.99. The Morgan fingerprint density at radius 3 is 2.68 bits per heavy atom. The van der Waals surface area contributed by atoms with Gasteiger partial charge in [-0.15, -0.1) is 0 Å². The number of fused-ring (bicyclic) bond motifs is 1. The molecule has 5 nitrogen and oxygen atoms in total. The SMILES string of the molecule is COc1ccc(OC)c(-c2nc3c(C)cccn3c2CO)c1. The molecule has 0 aliphatic carbocycles. The van der Waals surface area contributed by atoms with Gasteiger partial charge in [0.2, 0.25) is 0 Å². The van der Waals surface area contributed by atoms with Crippen LogP contribution >= 0.6 is 0 Å². The van der Waals surface area contributed by atoms with Crippen molar-refractivity contribution in [2.75, 3.05) is 14.2 Å². The highest BCUT2D eigenvalue weighted by molar-refractivity contribution is 5.74. The zero-order valence-corrected chi connectivity index (χ0v) is 12.8. The van der Waals surface area contributed by atoms with E-state index in [4.69, 9.17) is 14.5 Å². The van der Waals surface area contributed by atoms with Crippen LogP contribution in [0.2, 0.25) is 0 Å². The normalized spacial score (nSPS) is 10.9. The fourth-order valence-electron chi connectivity index (χ4n) is 2.62. The number of nitrogens with zero attached hydrogens (tertiary/aromatic N) is 2. The lowest BCUT2D eigenvalue weighted by atomic mass is 10.1. The zero-order valence-electron chi connectivity index (χ0n) is 12.8. The third-order valence-electron chi connectivity index (χ3n) is 3.76. The molecule has 0 saturated carbocycles. The minimum Gasteiger partial charge on any atom is -0.497 e. The molecular weight excluding hydrogens is 280 g/mol. The summed E-state index contributed by atoms with van der Waals surface area (Å²) in [6.45, 7) is 1.89. The molecule has 0 spiro atoms. The van der Waals surface area contributed by atoms with Gasteiger partial charge in [-0.3, -0.25) is 0 Å². The van der Waals surface area contributed by atoms with E-state index in [1.165, 1.54) is 0 Å². The Hall–Kier alpha value is -2.53. The number of aliphatic hydroxyl groups excluding tert-OH is 1. The van der Waals surface area contributed by atoms with Gasteiger partial charge in [-0.2, -0.15) is 0 Å². The average Bonchev–Trinajstić information content (AvgIpc) is 2.94. The van der Waals surface area contributed by atoms with Gasteiger partial charge in [0.1, 0.15) is 17.1 Å². The Bertz CT molecular complexity index is 824. The number of aromatic nitrogens is 2. The van der Waals surface area contributed by atoms with Crippen molar-refractivity contribution in [3.63, 3.8) is 0 Å². The molecule has 0 bridgehead atoms. The Morgan fingerprint density at radius 2 is 2.00 bits per heavy atom. The lowest BCUT2D eigenvalue weighted by Crippen LogP contribution is -1.96. The summed E-state index contributed by atoms with van der Waals surface area (Å²) in [6.07, 6.45) is 1.90. The van der Waals surface area contributed by atoms with Crippen LogP contribution in [0, 0.1) is 6.92 Å². The summed E-state index contributed by atoms with van der Waals surface area (Å²) in [5, 5.41) is 9.81. The highest BCUT2D eigenvalue weighted by atomic mass is 16.5. The second-order valence-electron chi connectivity index (χ2n) is 5.02. The summed E-state index contributed by atoms with van der Waals surface area (Å²) in [6, 6.07) is 9.48. The number of ether oxygens (including phenoxy) is 2. The molecule has 5 heteroatoms. The van der Waals surface area contributed by atoms with E-state index in [-0.39, 0.29) is 6.61 Å². The van der Waals surface area contributed by atoms with E-state index in [0.717, 1.165) is 22.5 Å². The monoisotopic (exact) mass is 298 g/mol. The Labute approximate surface area is 128 Å². The highest BCUT2D eigenvalue weighted by Crippen LogP contribution is 2.35. The maximum Gasteiger partial charge on any atom is 0.140 e. The van der Waals surface area contributed by atoms with Crippen molar-refractivity contribution < 1.29 is 14.6 Å². The lowest BCUT2D eigenvalue weighted by Gasteiger charge is -2.10. The predicted molar refractivity (Wildman–Crippen MR) is 84.4 cm³/mol. The number of benzene rings is 1. The molecule has 2 aromatic heterocycles. The summed E-state index contributed by atoms with van der Waals surface area (Å²) >= 11 is 0. The van der Waals surface area contributed by atoms with Crippen LogP contribution in [0.5, 0.6) is 11.5 Å². The van der Waals surface area contributed by atoms with Gasteiger partial charge in [-0.1, -0.05) is 6.07 Å². The summed E-state index contributed by atoms with van der Waals surface area (Å²) in [4.78, 5) is 4.70. The fraction of sp³-hybridized carbons (Fsp3) is 0.235. The fourth-order valence-corrected chi connectivity index (χ4v) is 2.62. The van der Waals surface area contributed by atoms with E-state index in [2.05, 4.69) is 0 Å². The first-order valence-electron chi connectivity index (χ1n) is 6.99. The van der Waals surface area contributed by atoms with Crippen LogP contribution in [-0.2, 0) is 6.61 Å². The third-order valence-corrected chi connectivity index (χ3v) is 3.76. The van der Waals surface area contributed by atoms with E-state index >= 15 is 0 Å². The number of pyridine rings is 1. The minimum absolute atomic E-state index is 0.111. The summed E-state index contributed by atoms with van der Waals surface area (Å²) in [5.74, 6) is 1.41. The van der Waals surface area contributed by atoms with Gasteiger partial charge in [0.05, 0.1) is 32.2 Å². The molecule has 2 heterocycles. The van der Waals surface area contributed by atoms with Gasteiger partial charge in [-0.25, -0.2) is 4.98 Å². The van der Waals surface area contributed by atoms with Crippen LogP contribution in [0.3, 0.4) is 0 Å². The summed E-state index contributed by atoms with van der Waals surface area (Å²) in [5.41, 5.74) is 4.10. The molecule has 0 fully saturated rings. The molecule has 1 aromatic carbocycles. The number of aryl methyl sites for hydroxylation is 1. The number of hydrogen-bond donors (Lipinski definition) is 1. The molecule has 0 aliphatic rings. The maximum absolute atomic E-state index is 9.81. The molecule has 3 rings (SSSR count). The van der Waals surface area contributed by atoms with E-state index in [1.54, 1.807) is 14.2 Å². The smallest absolute Gasteiger partial charge is 0.140 e. The predicted octanol–water partition coefficient (Wildman–Crippen LogP) is 2.82. The van der Waals surface area contributed by atoms with E-state index in [0.29, 0.717) is 17.2 Å². The van der Waals surface area contributed by atoms with Gasteiger partial charge in [-0.05, 0) is 36.8 Å². The Morgan fingerprint density at radius 1 is 1.18 bits per heavy atom. The lowest BCUT2D eigenvalue weighted by molar-refractivity contribution is 0.276. The zero-order chi connectivity index (χ0) is 15.7. The third kappa shape index (κ3) is 2.19. The topological polar surface area (TPSA) is 56.0 Å². The van der Waals surface area contributed by atoms with Gasteiger partial charge in [0.15, 0.2) is 0 Å². The first kappa shape index (κ1) is 14.4. The van der Waals surface area contributed by atoms with E-state index in [9.17, 15) is 5.11 Å². The number of hydrogen-bond acceptors (Lipinski definition) is 4. The van der Waals surface area contributed by atoms with Crippen molar-refractivity contribution in [3.05, 3.63) is 47.8 Å². The van der Waals surface area contributed by atoms with Crippen LogP contribution < -0.4 is 9.47 Å². The van der Waals surface area contributed by atoms with Crippen molar-refractivity contribution >= 4 is 5.65 Å². The molecule has 1 N–H and O–H groups in total. The second kappa shape index (κ2) is 5.69. The number of imidazole rings is 1. The van der Waals surface area contributed by atoms with Crippen molar-refractivity contribution in [1.29, 1.82) is 0 Å². The maximum atomic E-state index is 9.81. The minimum atomic E-state index is -0.111. The average molecular weight is 298 g/mol. The summed E-state index contributed by atoms with van der Waals surface area (Å²) < 4.78 is 12.6. The van der Waals surface area contributed by atoms with Crippen LogP contribution in [-0.4, -0.2) is 28.7 Å².